The van der Waals surface area contributed by atoms with E-state index in [-0.39, 0.29) is 18.6 Å². The molecule has 1 heterocycles. The molecule has 1 fully saturated rings. The van der Waals surface area contributed by atoms with E-state index in [9.17, 15) is 10.2 Å². The molecule has 124 valence electrons. The third-order valence-corrected chi connectivity index (χ3v) is 4.58. The Kier molecular flexibility index (Phi) is 6.64. The van der Waals surface area contributed by atoms with E-state index in [1.807, 2.05) is 30.3 Å². The number of aliphatic hydroxyl groups excluding tert-OH is 3. The Labute approximate surface area is 132 Å². The van der Waals surface area contributed by atoms with Crippen molar-refractivity contribution in [3.63, 3.8) is 0 Å². The van der Waals surface area contributed by atoms with Gasteiger partial charge in [-0.2, -0.15) is 0 Å². The molecule has 1 saturated heterocycles. The number of aliphatic hydroxyl groups is 3. The van der Waals surface area contributed by atoms with Gasteiger partial charge in [-0.1, -0.05) is 18.2 Å². The minimum atomic E-state index is -0.678. The SMILES string of the molecule is OCC(O)CN1CCC(CO)(CCOc2ccccc2)CC1. The lowest BCUT2D eigenvalue weighted by molar-refractivity contribution is 0.00150. The van der Waals surface area contributed by atoms with Crippen LogP contribution in [0.3, 0.4) is 0 Å². The van der Waals surface area contributed by atoms with Gasteiger partial charge in [0.25, 0.3) is 0 Å². The van der Waals surface area contributed by atoms with E-state index < -0.39 is 6.10 Å². The van der Waals surface area contributed by atoms with Crippen molar-refractivity contribution in [3.8, 4) is 5.75 Å². The number of β-amino-alcohol motifs (C(OH)–C–C–N with tert-alkyl or cyclic N) is 1. The van der Waals surface area contributed by atoms with E-state index >= 15 is 0 Å². The second-order valence-electron chi connectivity index (χ2n) is 6.21. The smallest absolute Gasteiger partial charge is 0.119 e. The highest BCUT2D eigenvalue weighted by atomic mass is 16.5. The molecule has 0 bridgehead atoms. The van der Waals surface area contributed by atoms with Gasteiger partial charge in [-0.3, -0.25) is 0 Å². The minimum absolute atomic E-state index is 0.0878. The van der Waals surface area contributed by atoms with Gasteiger partial charge in [-0.25, -0.2) is 0 Å². The number of ether oxygens (including phenoxy) is 1. The molecular weight excluding hydrogens is 282 g/mol. The molecular formula is C17H27NO4. The first-order valence-corrected chi connectivity index (χ1v) is 7.97. The van der Waals surface area contributed by atoms with Gasteiger partial charge in [0.15, 0.2) is 0 Å². The van der Waals surface area contributed by atoms with Crippen molar-refractivity contribution >= 4 is 0 Å². The summed E-state index contributed by atoms with van der Waals surface area (Å²) >= 11 is 0. The number of rotatable bonds is 8. The predicted molar refractivity (Wildman–Crippen MR) is 84.8 cm³/mol. The topological polar surface area (TPSA) is 73.2 Å². The third kappa shape index (κ3) is 4.95. The zero-order chi connectivity index (χ0) is 15.8. The first-order chi connectivity index (χ1) is 10.7. The van der Waals surface area contributed by atoms with Crippen molar-refractivity contribution < 1.29 is 20.1 Å². The van der Waals surface area contributed by atoms with E-state index in [0.717, 1.165) is 38.1 Å². The highest BCUT2D eigenvalue weighted by molar-refractivity contribution is 5.20. The molecule has 1 aromatic rings. The highest BCUT2D eigenvalue weighted by Crippen LogP contribution is 2.34. The van der Waals surface area contributed by atoms with E-state index in [1.165, 1.54) is 0 Å². The van der Waals surface area contributed by atoms with Crippen LogP contribution in [0.1, 0.15) is 19.3 Å². The summed E-state index contributed by atoms with van der Waals surface area (Å²) in [6, 6.07) is 9.72. The fourth-order valence-electron chi connectivity index (χ4n) is 2.96. The van der Waals surface area contributed by atoms with Crippen LogP contribution < -0.4 is 4.74 Å². The molecule has 3 N–H and O–H groups in total. The van der Waals surface area contributed by atoms with Crippen LogP contribution in [0.5, 0.6) is 5.75 Å². The molecule has 1 aliphatic heterocycles. The van der Waals surface area contributed by atoms with Crippen molar-refractivity contribution in [1.82, 2.24) is 4.90 Å². The quantitative estimate of drug-likeness (QED) is 0.665. The average Bonchev–Trinajstić information content (AvgIpc) is 2.57. The maximum atomic E-state index is 9.79. The van der Waals surface area contributed by atoms with Crippen LogP contribution in [0.2, 0.25) is 0 Å². The third-order valence-electron chi connectivity index (χ3n) is 4.58. The largest absolute Gasteiger partial charge is 0.494 e. The molecule has 1 aromatic carbocycles. The second kappa shape index (κ2) is 8.48. The first kappa shape index (κ1) is 17.2. The van der Waals surface area contributed by atoms with Crippen LogP contribution in [0.15, 0.2) is 30.3 Å². The molecule has 0 aromatic heterocycles. The number of piperidine rings is 1. The molecule has 0 spiro atoms. The predicted octanol–water partition coefficient (Wildman–Crippen LogP) is 0.883. The zero-order valence-electron chi connectivity index (χ0n) is 13.0. The maximum Gasteiger partial charge on any atom is 0.119 e. The van der Waals surface area contributed by atoms with Crippen LogP contribution in [0.25, 0.3) is 0 Å². The van der Waals surface area contributed by atoms with Gasteiger partial charge in [0.1, 0.15) is 5.75 Å². The van der Waals surface area contributed by atoms with Crippen LogP contribution in [-0.4, -0.2) is 65.8 Å². The number of para-hydroxylation sites is 1. The molecule has 1 atom stereocenters. The van der Waals surface area contributed by atoms with Crippen LogP contribution in [0.4, 0.5) is 0 Å². The van der Waals surface area contributed by atoms with Gasteiger partial charge < -0.3 is 25.0 Å². The van der Waals surface area contributed by atoms with Crippen molar-refractivity contribution in [2.24, 2.45) is 5.41 Å². The molecule has 1 unspecified atom stereocenters. The standard InChI is InChI=1S/C17H27NO4/c19-13-15(21)12-18-9-6-17(14-20,7-10-18)8-11-22-16-4-2-1-3-5-16/h1-5,15,19-21H,6-14H2. The Morgan fingerprint density at radius 2 is 1.82 bits per heavy atom. The molecule has 2 rings (SSSR count). The van der Waals surface area contributed by atoms with Gasteiger partial charge in [-0.05, 0) is 49.9 Å². The summed E-state index contributed by atoms with van der Waals surface area (Å²) in [7, 11) is 0. The molecule has 5 nitrogen and oxygen atoms in total. The fourth-order valence-corrected chi connectivity index (χ4v) is 2.96. The Morgan fingerprint density at radius 3 is 2.41 bits per heavy atom. The summed E-state index contributed by atoms with van der Waals surface area (Å²) in [4.78, 5) is 2.15. The number of likely N-dealkylation sites (tertiary alicyclic amines) is 1. The van der Waals surface area contributed by atoms with E-state index in [1.54, 1.807) is 0 Å². The van der Waals surface area contributed by atoms with Crippen molar-refractivity contribution in [1.29, 1.82) is 0 Å². The van der Waals surface area contributed by atoms with Crippen molar-refractivity contribution in [2.45, 2.75) is 25.4 Å². The average molecular weight is 309 g/mol. The maximum absolute atomic E-state index is 9.79. The Morgan fingerprint density at radius 1 is 1.14 bits per heavy atom. The van der Waals surface area contributed by atoms with Crippen LogP contribution in [-0.2, 0) is 0 Å². The molecule has 1 aliphatic rings. The van der Waals surface area contributed by atoms with Crippen molar-refractivity contribution in [3.05, 3.63) is 30.3 Å². The van der Waals surface area contributed by atoms with Crippen molar-refractivity contribution in [2.75, 3.05) is 39.5 Å². The lowest BCUT2D eigenvalue weighted by Crippen LogP contribution is -2.45. The van der Waals surface area contributed by atoms with E-state index in [4.69, 9.17) is 9.84 Å². The molecule has 5 heteroatoms. The minimum Gasteiger partial charge on any atom is -0.494 e. The van der Waals surface area contributed by atoms with E-state index in [0.29, 0.717) is 13.2 Å². The Bertz CT molecular complexity index is 418. The highest BCUT2D eigenvalue weighted by Gasteiger charge is 2.34. The summed E-state index contributed by atoms with van der Waals surface area (Å²) in [6.45, 7) is 2.74. The zero-order valence-corrected chi connectivity index (χ0v) is 13.0. The lowest BCUT2D eigenvalue weighted by atomic mass is 9.76. The lowest BCUT2D eigenvalue weighted by Gasteiger charge is -2.41. The summed E-state index contributed by atoms with van der Waals surface area (Å²) < 4.78 is 5.75. The molecule has 0 saturated carbocycles. The molecule has 0 radical (unpaired) electrons. The van der Waals surface area contributed by atoms with E-state index in [2.05, 4.69) is 4.90 Å². The number of hydrogen-bond donors (Lipinski definition) is 3. The monoisotopic (exact) mass is 309 g/mol. The Hall–Kier alpha value is -1.14. The number of benzene rings is 1. The second-order valence-corrected chi connectivity index (χ2v) is 6.21. The van der Waals surface area contributed by atoms with Gasteiger partial charge in [0.05, 0.1) is 19.3 Å². The van der Waals surface area contributed by atoms with Crippen LogP contribution in [0, 0.1) is 5.41 Å². The summed E-state index contributed by atoms with van der Waals surface area (Å²) in [5.74, 6) is 0.860. The Balaban J connectivity index is 1.76. The fraction of sp³-hybridized carbons (Fsp3) is 0.647. The first-order valence-electron chi connectivity index (χ1n) is 7.97. The normalized spacial score (nSPS) is 19.8. The summed E-state index contributed by atoms with van der Waals surface area (Å²) in [5.41, 5.74) is -0.0878. The summed E-state index contributed by atoms with van der Waals surface area (Å²) in [5, 5.41) is 28.2. The number of nitrogens with zero attached hydrogens (tertiary/aromatic N) is 1. The summed E-state index contributed by atoms with van der Waals surface area (Å²) in [6.07, 6.45) is 1.93. The number of hydrogen-bond acceptors (Lipinski definition) is 5. The van der Waals surface area contributed by atoms with Gasteiger partial charge in [-0.15, -0.1) is 0 Å². The molecule has 22 heavy (non-hydrogen) atoms. The van der Waals surface area contributed by atoms with Gasteiger partial charge >= 0.3 is 0 Å². The van der Waals surface area contributed by atoms with Crippen LogP contribution >= 0.6 is 0 Å². The molecule has 0 aliphatic carbocycles. The van der Waals surface area contributed by atoms with Gasteiger partial charge in [0, 0.05) is 13.2 Å². The van der Waals surface area contributed by atoms with Gasteiger partial charge in [0.2, 0.25) is 0 Å². The molecule has 0 amide bonds.